The maximum absolute atomic E-state index is 4.23. The van der Waals surface area contributed by atoms with E-state index >= 15 is 0 Å². The summed E-state index contributed by atoms with van der Waals surface area (Å²) in [6.45, 7) is 10.1. The number of nitrogens with zero attached hydrogens (tertiary/aromatic N) is 2. The van der Waals surface area contributed by atoms with Gasteiger partial charge in [-0.05, 0) is 0 Å². The molecular formula is C10H14N2S. The third-order valence-electron chi connectivity index (χ3n) is 1.62. The van der Waals surface area contributed by atoms with Crippen LogP contribution in [0.15, 0.2) is 36.9 Å². The molecule has 1 heterocycles. The van der Waals surface area contributed by atoms with Gasteiger partial charge in [0, 0.05) is 24.7 Å². The molecule has 0 N–H and O–H groups in total. The quantitative estimate of drug-likeness (QED) is 0.646. The van der Waals surface area contributed by atoms with Gasteiger partial charge >= 0.3 is 0 Å². The molecule has 1 aromatic rings. The Morgan fingerprint density at radius 2 is 2.08 bits per heavy atom. The Morgan fingerprint density at radius 1 is 1.38 bits per heavy atom. The lowest BCUT2D eigenvalue weighted by atomic mass is 10.4. The summed E-state index contributed by atoms with van der Waals surface area (Å²) in [7, 11) is 0. The van der Waals surface area contributed by atoms with Crippen molar-refractivity contribution >= 4 is 11.3 Å². The van der Waals surface area contributed by atoms with Crippen LogP contribution in [0.3, 0.4) is 0 Å². The van der Waals surface area contributed by atoms with Crippen molar-refractivity contribution in [2.45, 2.75) is 6.54 Å². The van der Waals surface area contributed by atoms with E-state index in [1.807, 2.05) is 23.7 Å². The predicted octanol–water partition coefficient (Wildman–Crippen LogP) is 2.32. The van der Waals surface area contributed by atoms with Crippen LogP contribution < -0.4 is 0 Å². The van der Waals surface area contributed by atoms with E-state index in [9.17, 15) is 0 Å². The van der Waals surface area contributed by atoms with Crippen LogP contribution in [0.1, 0.15) is 5.01 Å². The van der Waals surface area contributed by atoms with Gasteiger partial charge in [0.25, 0.3) is 0 Å². The van der Waals surface area contributed by atoms with Crippen molar-refractivity contribution in [1.29, 1.82) is 0 Å². The van der Waals surface area contributed by atoms with Crippen molar-refractivity contribution < 1.29 is 0 Å². The molecular weight excluding hydrogens is 180 g/mol. The Balaban J connectivity index is 2.46. The monoisotopic (exact) mass is 194 g/mol. The molecule has 1 aromatic heterocycles. The first kappa shape index (κ1) is 10.2. The fourth-order valence-corrected chi connectivity index (χ4v) is 1.75. The molecule has 0 aliphatic carbocycles. The fraction of sp³-hybridized carbons (Fsp3) is 0.300. The third-order valence-corrected chi connectivity index (χ3v) is 2.38. The molecule has 0 spiro atoms. The smallest absolute Gasteiger partial charge is 0.107 e. The van der Waals surface area contributed by atoms with Crippen molar-refractivity contribution in [3.63, 3.8) is 0 Å². The van der Waals surface area contributed by atoms with Gasteiger partial charge in [-0.2, -0.15) is 0 Å². The third kappa shape index (κ3) is 3.53. The summed E-state index contributed by atoms with van der Waals surface area (Å²) < 4.78 is 0. The SMILES string of the molecule is C=CCN(CC=C)Cc1nccs1. The average molecular weight is 194 g/mol. The number of thiazole rings is 1. The van der Waals surface area contributed by atoms with Crippen LogP contribution in [-0.2, 0) is 6.54 Å². The van der Waals surface area contributed by atoms with Crippen LogP contribution in [-0.4, -0.2) is 23.0 Å². The Kier molecular flexibility index (Phi) is 4.43. The normalized spacial score (nSPS) is 10.2. The number of hydrogen-bond donors (Lipinski definition) is 0. The minimum Gasteiger partial charge on any atom is -0.289 e. The fourth-order valence-electron chi connectivity index (χ4n) is 1.09. The minimum absolute atomic E-state index is 0.881. The first-order valence-corrected chi connectivity index (χ1v) is 5.07. The summed E-state index contributed by atoms with van der Waals surface area (Å²) in [5.74, 6) is 0. The Bertz CT molecular complexity index is 244. The standard InChI is InChI=1S/C10H14N2S/c1-3-6-12(7-4-2)9-10-11-5-8-13-10/h3-5,8H,1-2,6-7,9H2. The van der Waals surface area contributed by atoms with Crippen molar-refractivity contribution in [2.75, 3.05) is 13.1 Å². The second-order valence-corrected chi connectivity index (χ2v) is 3.68. The molecule has 0 aliphatic rings. The molecule has 0 unspecified atom stereocenters. The van der Waals surface area contributed by atoms with Crippen LogP contribution in [0.25, 0.3) is 0 Å². The number of aromatic nitrogens is 1. The molecule has 13 heavy (non-hydrogen) atoms. The molecule has 0 fully saturated rings. The summed E-state index contributed by atoms with van der Waals surface area (Å²) in [6, 6.07) is 0. The second-order valence-electron chi connectivity index (χ2n) is 2.70. The molecule has 0 aromatic carbocycles. The van der Waals surface area contributed by atoms with Gasteiger partial charge in [-0.25, -0.2) is 4.98 Å². The summed E-state index contributed by atoms with van der Waals surface area (Å²) in [5.41, 5.74) is 0. The molecule has 3 heteroatoms. The zero-order chi connectivity index (χ0) is 9.52. The summed E-state index contributed by atoms with van der Waals surface area (Å²) >= 11 is 1.68. The summed E-state index contributed by atoms with van der Waals surface area (Å²) in [5, 5.41) is 3.14. The van der Waals surface area contributed by atoms with E-state index in [-0.39, 0.29) is 0 Å². The zero-order valence-corrected chi connectivity index (χ0v) is 8.46. The molecule has 2 nitrogen and oxygen atoms in total. The van der Waals surface area contributed by atoms with E-state index < -0.39 is 0 Å². The molecule has 70 valence electrons. The molecule has 0 amide bonds. The van der Waals surface area contributed by atoms with E-state index in [1.165, 1.54) is 0 Å². The lowest BCUT2D eigenvalue weighted by Crippen LogP contribution is -2.23. The van der Waals surface area contributed by atoms with E-state index in [2.05, 4.69) is 23.0 Å². The van der Waals surface area contributed by atoms with Crippen LogP contribution in [0.2, 0.25) is 0 Å². The van der Waals surface area contributed by atoms with Gasteiger partial charge in [0.1, 0.15) is 5.01 Å². The van der Waals surface area contributed by atoms with Crippen molar-refractivity contribution in [3.8, 4) is 0 Å². The van der Waals surface area contributed by atoms with Gasteiger partial charge in [-0.15, -0.1) is 24.5 Å². The summed E-state index contributed by atoms with van der Waals surface area (Å²) in [4.78, 5) is 6.46. The Labute approximate surface area is 83.2 Å². The van der Waals surface area contributed by atoms with Gasteiger partial charge in [0.15, 0.2) is 0 Å². The number of hydrogen-bond acceptors (Lipinski definition) is 3. The molecule has 0 saturated heterocycles. The summed E-state index contributed by atoms with van der Waals surface area (Å²) in [6.07, 6.45) is 5.63. The first-order valence-electron chi connectivity index (χ1n) is 4.19. The van der Waals surface area contributed by atoms with Crippen LogP contribution in [0, 0.1) is 0 Å². The molecule has 0 aliphatic heterocycles. The highest BCUT2D eigenvalue weighted by Crippen LogP contribution is 2.07. The molecule has 0 bridgehead atoms. The van der Waals surface area contributed by atoms with Gasteiger partial charge in [-0.3, -0.25) is 4.90 Å². The highest BCUT2D eigenvalue weighted by atomic mass is 32.1. The highest BCUT2D eigenvalue weighted by Gasteiger charge is 2.03. The second kappa shape index (κ2) is 5.67. The van der Waals surface area contributed by atoms with Crippen LogP contribution in [0.5, 0.6) is 0 Å². The van der Waals surface area contributed by atoms with E-state index in [0.717, 1.165) is 24.6 Å². The van der Waals surface area contributed by atoms with Crippen molar-refractivity contribution in [3.05, 3.63) is 41.9 Å². The topological polar surface area (TPSA) is 16.1 Å². The van der Waals surface area contributed by atoms with E-state index in [1.54, 1.807) is 11.3 Å². The van der Waals surface area contributed by atoms with E-state index in [4.69, 9.17) is 0 Å². The van der Waals surface area contributed by atoms with Crippen molar-refractivity contribution in [2.24, 2.45) is 0 Å². The molecule has 1 rings (SSSR count). The van der Waals surface area contributed by atoms with Crippen LogP contribution in [0.4, 0.5) is 0 Å². The lowest BCUT2D eigenvalue weighted by Gasteiger charge is -2.16. The Morgan fingerprint density at radius 3 is 2.54 bits per heavy atom. The average Bonchev–Trinajstić information content (AvgIpc) is 2.58. The lowest BCUT2D eigenvalue weighted by molar-refractivity contribution is 0.327. The Hall–Kier alpha value is -0.930. The first-order chi connectivity index (χ1) is 6.36. The maximum Gasteiger partial charge on any atom is 0.107 e. The van der Waals surface area contributed by atoms with Gasteiger partial charge in [-0.1, -0.05) is 12.2 Å². The molecule has 0 radical (unpaired) electrons. The highest BCUT2D eigenvalue weighted by molar-refractivity contribution is 7.09. The predicted molar refractivity (Wildman–Crippen MR) is 57.8 cm³/mol. The zero-order valence-electron chi connectivity index (χ0n) is 7.65. The van der Waals surface area contributed by atoms with Gasteiger partial charge in [0.2, 0.25) is 0 Å². The van der Waals surface area contributed by atoms with Gasteiger partial charge < -0.3 is 0 Å². The van der Waals surface area contributed by atoms with E-state index in [0.29, 0.717) is 0 Å². The largest absolute Gasteiger partial charge is 0.289 e. The van der Waals surface area contributed by atoms with Gasteiger partial charge in [0.05, 0.1) is 6.54 Å². The number of rotatable bonds is 6. The van der Waals surface area contributed by atoms with Crippen LogP contribution >= 0.6 is 11.3 Å². The maximum atomic E-state index is 4.23. The molecule has 0 atom stereocenters. The van der Waals surface area contributed by atoms with Crippen molar-refractivity contribution in [1.82, 2.24) is 9.88 Å². The molecule has 0 saturated carbocycles. The minimum atomic E-state index is 0.881.